The Labute approximate surface area is 53.3 Å². The average Bonchev–Trinajstić information content (AvgIpc) is 1.96. The van der Waals surface area contributed by atoms with Gasteiger partial charge >= 0.3 is 0 Å². The summed E-state index contributed by atoms with van der Waals surface area (Å²) in [6.45, 7) is 0.522. The Kier molecular flexibility index (Phi) is 1.48. The van der Waals surface area contributed by atoms with Gasteiger partial charge in [0.1, 0.15) is 6.10 Å². The Bertz CT molecular complexity index is 103. The molecule has 1 fully saturated rings. The molecular formula is C5H11NO3. The molecule has 0 spiro atoms. The van der Waals surface area contributed by atoms with E-state index in [1.54, 1.807) is 7.05 Å². The predicted octanol–water partition coefficient (Wildman–Crippen LogP) is -1.68. The van der Waals surface area contributed by atoms with Crippen LogP contribution in [0.25, 0.3) is 0 Å². The van der Waals surface area contributed by atoms with Gasteiger partial charge in [0.25, 0.3) is 5.91 Å². The smallest absolute Gasteiger partial charge is 0.252 e. The van der Waals surface area contributed by atoms with Crippen LogP contribution in [0.2, 0.25) is 0 Å². The van der Waals surface area contributed by atoms with Gasteiger partial charge in [0, 0.05) is 6.54 Å². The van der Waals surface area contributed by atoms with Crippen molar-refractivity contribution >= 4 is 0 Å². The van der Waals surface area contributed by atoms with E-state index in [1.807, 2.05) is 0 Å². The minimum atomic E-state index is -2.00. The van der Waals surface area contributed by atoms with Crippen molar-refractivity contribution in [3.63, 3.8) is 0 Å². The second-order valence-corrected chi connectivity index (χ2v) is 2.41. The van der Waals surface area contributed by atoms with Crippen molar-refractivity contribution in [2.75, 3.05) is 13.6 Å². The van der Waals surface area contributed by atoms with Gasteiger partial charge in [0.15, 0.2) is 0 Å². The molecule has 0 aromatic carbocycles. The van der Waals surface area contributed by atoms with Crippen LogP contribution in [-0.2, 0) is 0 Å². The van der Waals surface area contributed by atoms with E-state index in [-0.39, 0.29) is 0 Å². The Hall–Kier alpha value is -0.160. The SMILES string of the molecule is CN1CCC(O)C1(O)O. The Morgan fingerprint density at radius 3 is 2.22 bits per heavy atom. The Morgan fingerprint density at radius 1 is 1.56 bits per heavy atom. The molecule has 4 heteroatoms. The molecule has 1 aliphatic rings. The molecular weight excluding hydrogens is 122 g/mol. The maximum Gasteiger partial charge on any atom is 0.252 e. The van der Waals surface area contributed by atoms with Gasteiger partial charge in [-0.15, -0.1) is 0 Å². The zero-order chi connectivity index (χ0) is 7.07. The molecule has 0 saturated carbocycles. The largest absolute Gasteiger partial charge is 0.386 e. The molecule has 1 saturated heterocycles. The van der Waals surface area contributed by atoms with E-state index in [0.717, 1.165) is 0 Å². The van der Waals surface area contributed by atoms with Gasteiger partial charge in [-0.2, -0.15) is 0 Å². The van der Waals surface area contributed by atoms with E-state index in [1.165, 1.54) is 4.90 Å². The van der Waals surface area contributed by atoms with E-state index in [9.17, 15) is 0 Å². The third-order valence-corrected chi connectivity index (χ3v) is 1.75. The van der Waals surface area contributed by atoms with Crippen molar-refractivity contribution in [3.8, 4) is 0 Å². The zero-order valence-electron chi connectivity index (χ0n) is 5.28. The summed E-state index contributed by atoms with van der Waals surface area (Å²) in [5.41, 5.74) is 0. The lowest BCUT2D eigenvalue weighted by Crippen LogP contribution is -2.48. The van der Waals surface area contributed by atoms with Gasteiger partial charge in [-0.25, -0.2) is 0 Å². The first-order valence-corrected chi connectivity index (χ1v) is 2.89. The first-order valence-electron chi connectivity index (χ1n) is 2.89. The summed E-state index contributed by atoms with van der Waals surface area (Å²) in [7, 11) is 1.55. The lowest BCUT2D eigenvalue weighted by Gasteiger charge is -2.25. The Balaban J connectivity index is 2.66. The number of nitrogens with zero attached hydrogens (tertiary/aromatic N) is 1. The van der Waals surface area contributed by atoms with Crippen LogP contribution in [0.3, 0.4) is 0 Å². The zero-order valence-corrected chi connectivity index (χ0v) is 5.28. The van der Waals surface area contributed by atoms with Crippen LogP contribution in [0, 0.1) is 0 Å². The summed E-state index contributed by atoms with van der Waals surface area (Å²) in [5.74, 6) is -2.00. The fourth-order valence-corrected chi connectivity index (χ4v) is 0.929. The number of hydrogen-bond acceptors (Lipinski definition) is 4. The first-order chi connectivity index (χ1) is 4.05. The Morgan fingerprint density at radius 2 is 2.11 bits per heavy atom. The summed E-state index contributed by atoms with van der Waals surface area (Å²) in [4.78, 5) is 1.30. The molecule has 0 bridgehead atoms. The highest BCUT2D eigenvalue weighted by molar-refractivity contribution is 4.82. The lowest BCUT2D eigenvalue weighted by molar-refractivity contribution is -0.277. The quantitative estimate of drug-likeness (QED) is 0.345. The molecule has 0 aromatic heterocycles. The van der Waals surface area contributed by atoms with Crippen molar-refractivity contribution in [1.29, 1.82) is 0 Å². The van der Waals surface area contributed by atoms with Crippen molar-refractivity contribution in [3.05, 3.63) is 0 Å². The fourth-order valence-electron chi connectivity index (χ4n) is 0.929. The molecule has 1 unspecified atom stereocenters. The summed E-state index contributed by atoms with van der Waals surface area (Å²) in [5, 5.41) is 26.8. The van der Waals surface area contributed by atoms with Gasteiger partial charge in [-0.1, -0.05) is 0 Å². The van der Waals surface area contributed by atoms with Crippen LogP contribution in [0.1, 0.15) is 6.42 Å². The standard InChI is InChI=1S/C5H11NO3/c1-6-3-2-4(7)5(6,8)9/h4,7-9H,2-3H2,1H3. The first kappa shape index (κ1) is 6.95. The molecule has 0 radical (unpaired) electrons. The van der Waals surface area contributed by atoms with E-state index in [0.29, 0.717) is 13.0 Å². The topological polar surface area (TPSA) is 63.9 Å². The molecule has 1 rings (SSSR count). The predicted molar refractivity (Wildman–Crippen MR) is 30.4 cm³/mol. The van der Waals surface area contributed by atoms with Crippen molar-refractivity contribution < 1.29 is 15.3 Å². The highest BCUT2D eigenvalue weighted by Gasteiger charge is 2.42. The van der Waals surface area contributed by atoms with E-state index in [4.69, 9.17) is 15.3 Å². The van der Waals surface area contributed by atoms with Crippen LogP contribution in [-0.4, -0.2) is 45.8 Å². The van der Waals surface area contributed by atoms with Crippen molar-refractivity contribution in [2.24, 2.45) is 0 Å². The highest BCUT2D eigenvalue weighted by atomic mass is 16.6. The number of rotatable bonds is 0. The molecule has 0 amide bonds. The summed E-state index contributed by atoms with van der Waals surface area (Å²) in [6.07, 6.45) is -0.605. The molecule has 4 nitrogen and oxygen atoms in total. The van der Waals surface area contributed by atoms with Crippen LogP contribution in [0.5, 0.6) is 0 Å². The van der Waals surface area contributed by atoms with Gasteiger partial charge in [-0.05, 0) is 13.5 Å². The lowest BCUT2D eigenvalue weighted by atomic mass is 10.3. The molecule has 1 atom stereocenters. The van der Waals surface area contributed by atoms with Gasteiger partial charge in [0.05, 0.1) is 0 Å². The van der Waals surface area contributed by atoms with Crippen molar-refractivity contribution in [1.82, 2.24) is 4.90 Å². The van der Waals surface area contributed by atoms with Crippen molar-refractivity contribution in [2.45, 2.75) is 18.4 Å². The maximum atomic E-state index is 8.96. The molecule has 9 heavy (non-hydrogen) atoms. The second kappa shape index (κ2) is 1.91. The number of likely N-dealkylation sites (tertiary alicyclic amines) is 1. The third-order valence-electron chi connectivity index (χ3n) is 1.75. The van der Waals surface area contributed by atoms with Gasteiger partial charge < -0.3 is 15.3 Å². The molecule has 1 heterocycles. The fraction of sp³-hybridized carbons (Fsp3) is 1.00. The van der Waals surface area contributed by atoms with Gasteiger partial charge in [0.2, 0.25) is 0 Å². The third kappa shape index (κ3) is 0.943. The monoisotopic (exact) mass is 133 g/mol. The number of aliphatic hydroxyl groups is 3. The van der Waals surface area contributed by atoms with Crippen LogP contribution < -0.4 is 0 Å². The second-order valence-electron chi connectivity index (χ2n) is 2.41. The normalized spacial score (nSPS) is 35.3. The van der Waals surface area contributed by atoms with Crippen LogP contribution in [0.4, 0.5) is 0 Å². The van der Waals surface area contributed by atoms with E-state index < -0.39 is 12.0 Å². The maximum absolute atomic E-state index is 8.96. The number of likely N-dealkylation sites (N-methyl/N-ethyl adjacent to an activating group) is 1. The average molecular weight is 133 g/mol. The minimum absolute atomic E-state index is 0.420. The number of aliphatic hydroxyl groups excluding tert-OH is 1. The molecule has 0 aliphatic carbocycles. The molecule has 3 N–H and O–H groups in total. The van der Waals surface area contributed by atoms with E-state index >= 15 is 0 Å². The highest BCUT2D eigenvalue weighted by Crippen LogP contribution is 2.21. The van der Waals surface area contributed by atoms with Gasteiger partial charge in [-0.3, -0.25) is 4.90 Å². The minimum Gasteiger partial charge on any atom is -0.386 e. The summed E-state index contributed by atoms with van der Waals surface area (Å²) in [6, 6.07) is 0. The molecule has 54 valence electrons. The summed E-state index contributed by atoms with van der Waals surface area (Å²) < 4.78 is 0. The van der Waals surface area contributed by atoms with E-state index in [2.05, 4.69) is 0 Å². The molecule has 1 aliphatic heterocycles. The molecule has 0 aromatic rings. The van der Waals surface area contributed by atoms with Crippen LogP contribution >= 0.6 is 0 Å². The van der Waals surface area contributed by atoms with Crippen LogP contribution in [0.15, 0.2) is 0 Å². The number of hydrogen-bond donors (Lipinski definition) is 3. The summed E-state index contributed by atoms with van der Waals surface area (Å²) >= 11 is 0.